The Hall–Kier alpha value is -1.10. The van der Waals surface area contributed by atoms with Gasteiger partial charge in [-0.2, -0.15) is 0 Å². The number of carbonyl (C=O) groups is 2. The molecule has 0 radical (unpaired) electrons. The van der Waals surface area contributed by atoms with Crippen molar-refractivity contribution in [3.05, 3.63) is 0 Å². The summed E-state index contributed by atoms with van der Waals surface area (Å²) >= 11 is 0. The van der Waals surface area contributed by atoms with Crippen molar-refractivity contribution in [2.45, 2.75) is 25.8 Å². The van der Waals surface area contributed by atoms with E-state index in [1.807, 2.05) is 0 Å². The first-order valence-corrected chi connectivity index (χ1v) is 3.70. The van der Waals surface area contributed by atoms with Crippen molar-refractivity contribution in [2.24, 2.45) is 17.4 Å². The Labute approximate surface area is 70.7 Å². The summed E-state index contributed by atoms with van der Waals surface area (Å²) in [6.45, 7) is 1.74. The van der Waals surface area contributed by atoms with Gasteiger partial charge in [-0.3, -0.25) is 9.59 Å². The predicted molar refractivity (Wildman–Crippen MR) is 43.2 cm³/mol. The Bertz CT molecular complexity index is 181. The molecule has 0 heterocycles. The minimum absolute atomic E-state index is 0.0754. The van der Waals surface area contributed by atoms with Crippen molar-refractivity contribution in [3.8, 4) is 0 Å². The third kappa shape index (κ3) is 4.68. The maximum atomic E-state index is 10.4. The molecular weight excluding hydrogens is 160 g/mol. The molecule has 0 saturated heterocycles. The molecule has 0 saturated carbocycles. The number of hydrogen-bond acceptors (Lipinski definition) is 3. The van der Waals surface area contributed by atoms with Crippen LogP contribution in [0.3, 0.4) is 0 Å². The molecule has 12 heavy (non-hydrogen) atoms. The summed E-state index contributed by atoms with van der Waals surface area (Å²) < 4.78 is 0. The second-order valence-corrected chi connectivity index (χ2v) is 2.96. The van der Waals surface area contributed by atoms with Crippen molar-refractivity contribution in [1.82, 2.24) is 0 Å². The summed E-state index contributed by atoms with van der Waals surface area (Å²) in [5.74, 6) is -1.56. The van der Waals surface area contributed by atoms with Gasteiger partial charge in [0.05, 0.1) is 0 Å². The van der Waals surface area contributed by atoms with Crippen LogP contribution in [0, 0.1) is 5.92 Å². The van der Waals surface area contributed by atoms with Crippen LogP contribution in [-0.2, 0) is 9.59 Å². The summed E-state index contributed by atoms with van der Waals surface area (Å²) in [6.07, 6.45) is 0.458. The molecule has 0 rings (SSSR count). The lowest BCUT2D eigenvalue weighted by Crippen LogP contribution is -2.32. The molecule has 1 unspecified atom stereocenters. The average molecular weight is 174 g/mol. The van der Waals surface area contributed by atoms with Crippen LogP contribution >= 0.6 is 0 Å². The van der Waals surface area contributed by atoms with Crippen LogP contribution in [0.1, 0.15) is 19.8 Å². The predicted octanol–water partition coefficient (Wildman–Crippen LogP) is -0.700. The van der Waals surface area contributed by atoms with Gasteiger partial charge >= 0.3 is 5.97 Å². The zero-order chi connectivity index (χ0) is 9.72. The molecule has 0 aromatic rings. The zero-order valence-electron chi connectivity index (χ0n) is 6.99. The Morgan fingerprint density at radius 3 is 2.33 bits per heavy atom. The Kier molecular flexibility index (Phi) is 4.28. The summed E-state index contributed by atoms with van der Waals surface area (Å²) in [5, 5.41) is 8.42. The lowest BCUT2D eigenvalue weighted by Gasteiger charge is -2.11. The lowest BCUT2D eigenvalue weighted by molar-refractivity contribution is -0.139. The van der Waals surface area contributed by atoms with Gasteiger partial charge in [-0.15, -0.1) is 0 Å². The maximum Gasteiger partial charge on any atom is 0.320 e. The molecule has 0 spiro atoms. The molecule has 0 aromatic heterocycles. The molecule has 0 fully saturated rings. The van der Waals surface area contributed by atoms with Gasteiger partial charge in [0.1, 0.15) is 6.04 Å². The standard InChI is InChI=1S/C7H14N2O3/c1-4(3-6(9)10)2-5(8)7(11)12/h4-5H,2-3,8H2,1H3,(H2,9,10)(H,11,12)/t4?,5-/m0/s1. The largest absolute Gasteiger partial charge is 0.480 e. The van der Waals surface area contributed by atoms with Gasteiger partial charge < -0.3 is 16.6 Å². The van der Waals surface area contributed by atoms with Crippen LogP contribution in [0.2, 0.25) is 0 Å². The van der Waals surface area contributed by atoms with E-state index in [4.69, 9.17) is 16.6 Å². The quantitative estimate of drug-likeness (QED) is 0.512. The number of rotatable bonds is 5. The normalized spacial score (nSPS) is 15.2. The molecule has 0 aliphatic rings. The third-order valence-electron chi connectivity index (χ3n) is 1.52. The number of nitrogens with two attached hydrogens (primary N) is 2. The van der Waals surface area contributed by atoms with Gasteiger partial charge in [0.25, 0.3) is 0 Å². The zero-order valence-corrected chi connectivity index (χ0v) is 6.99. The molecule has 5 nitrogen and oxygen atoms in total. The Morgan fingerprint density at radius 1 is 1.50 bits per heavy atom. The summed E-state index contributed by atoms with van der Waals surface area (Å²) in [5.41, 5.74) is 10.2. The smallest absolute Gasteiger partial charge is 0.320 e. The monoisotopic (exact) mass is 174 g/mol. The molecule has 0 aromatic carbocycles. The van der Waals surface area contributed by atoms with Gasteiger partial charge in [-0.05, 0) is 12.3 Å². The maximum absolute atomic E-state index is 10.4. The summed E-state index contributed by atoms with van der Waals surface area (Å²) in [7, 11) is 0. The lowest BCUT2D eigenvalue weighted by atomic mass is 9.99. The minimum atomic E-state index is -1.05. The van der Waals surface area contributed by atoms with Gasteiger partial charge in [-0.1, -0.05) is 6.92 Å². The van der Waals surface area contributed by atoms with E-state index in [0.29, 0.717) is 0 Å². The van der Waals surface area contributed by atoms with Gasteiger partial charge in [0.2, 0.25) is 5.91 Å². The Balaban J connectivity index is 3.76. The molecule has 5 N–H and O–H groups in total. The number of aliphatic carboxylic acids is 1. The van der Waals surface area contributed by atoms with Crippen LogP contribution in [0.15, 0.2) is 0 Å². The topological polar surface area (TPSA) is 106 Å². The van der Waals surface area contributed by atoms with E-state index in [2.05, 4.69) is 0 Å². The van der Waals surface area contributed by atoms with Crippen LogP contribution in [0.4, 0.5) is 0 Å². The molecular formula is C7H14N2O3. The van der Waals surface area contributed by atoms with E-state index in [-0.39, 0.29) is 18.8 Å². The fourth-order valence-electron chi connectivity index (χ4n) is 0.961. The first-order valence-electron chi connectivity index (χ1n) is 3.70. The number of carboxylic acid groups (broad SMARTS) is 1. The minimum Gasteiger partial charge on any atom is -0.480 e. The highest BCUT2D eigenvalue weighted by atomic mass is 16.4. The molecule has 0 bridgehead atoms. The van der Waals surface area contributed by atoms with E-state index in [0.717, 1.165) is 0 Å². The number of primary amides is 1. The van der Waals surface area contributed by atoms with Crippen molar-refractivity contribution in [3.63, 3.8) is 0 Å². The van der Waals surface area contributed by atoms with Crippen molar-refractivity contribution in [1.29, 1.82) is 0 Å². The number of amides is 1. The third-order valence-corrected chi connectivity index (χ3v) is 1.52. The summed E-state index contributed by atoms with van der Waals surface area (Å²) in [4.78, 5) is 20.7. The van der Waals surface area contributed by atoms with Gasteiger partial charge in [0, 0.05) is 6.42 Å². The molecule has 0 aliphatic carbocycles. The van der Waals surface area contributed by atoms with E-state index < -0.39 is 17.9 Å². The second kappa shape index (κ2) is 4.71. The van der Waals surface area contributed by atoms with Crippen molar-refractivity contribution >= 4 is 11.9 Å². The SMILES string of the molecule is CC(CC(N)=O)C[C@H](N)C(=O)O. The van der Waals surface area contributed by atoms with E-state index in [9.17, 15) is 9.59 Å². The second-order valence-electron chi connectivity index (χ2n) is 2.96. The van der Waals surface area contributed by atoms with Crippen LogP contribution in [0.5, 0.6) is 0 Å². The number of hydrogen-bond donors (Lipinski definition) is 3. The van der Waals surface area contributed by atoms with Crippen LogP contribution in [0.25, 0.3) is 0 Å². The molecule has 5 heteroatoms. The van der Waals surface area contributed by atoms with E-state index >= 15 is 0 Å². The first kappa shape index (κ1) is 10.9. The fraction of sp³-hybridized carbons (Fsp3) is 0.714. The molecule has 70 valence electrons. The number of carbonyl (C=O) groups excluding carboxylic acids is 1. The van der Waals surface area contributed by atoms with Crippen molar-refractivity contribution in [2.75, 3.05) is 0 Å². The van der Waals surface area contributed by atoms with Gasteiger partial charge in [-0.25, -0.2) is 0 Å². The van der Waals surface area contributed by atoms with Gasteiger partial charge in [0.15, 0.2) is 0 Å². The van der Waals surface area contributed by atoms with Crippen molar-refractivity contribution < 1.29 is 14.7 Å². The van der Waals surface area contributed by atoms with Crippen LogP contribution in [-0.4, -0.2) is 23.0 Å². The molecule has 2 atom stereocenters. The number of carboxylic acids is 1. The highest BCUT2D eigenvalue weighted by Gasteiger charge is 2.16. The van der Waals surface area contributed by atoms with Crippen LogP contribution < -0.4 is 11.5 Å². The highest BCUT2D eigenvalue weighted by molar-refractivity contribution is 5.75. The summed E-state index contributed by atoms with van der Waals surface area (Å²) in [6, 6.07) is -0.903. The fourth-order valence-corrected chi connectivity index (χ4v) is 0.961. The molecule has 0 aliphatic heterocycles. The first-order chi connectivity index (χ1) is 5.43. The highest BCUT2D eigenvalue weighted by Crippen LogP contribution is 2.08. The Morgan fingerprint density at radius 2 is 2.00 bits per heavy atom. The van der Waals surface area contributed by atoms with E-state index in [1.54, 1.807) is 6.92 Å². The molecule has 1 amide bonds. The van der Waals surface area contributed by atoms with E-state index in [1.165, 1.54) is 0 Å². The average Bonchev–Trinajstić information content (AvgIpc) is 1.84.